The zero-order chi connectivity index (χ0) is 11.4. The molecule has 0 aliphatic heterocycles. The molecule has 0 aromatic carbocycles. The molecule has 0 aliphatic carbocycles. The van der Waals surface area contributed by atoms with Gasteiger partial charge in [-0.15, -0.1) is 22.7 Å². The van der Waals surface area contributed by atoms with Crippen molar-refractivity contribution < 1.29 is 4.79 Å². The molecule has 4 nitrogen and oxygen atoms in total. The summed E-state index contributed by atoms with van der Waals surface area (Å²) in [4.78, 5) is 16.7. The summed E-state index contributed by atoms with van der Waals surface area (Å²) in [6.07, 6.45) is 0. The van der Waals surface area contributed by atoms with E-state index in [1.165, 1.54) is 11.3 Å². The Morgan fingerprint density at radius 3 is 3.00 bits per heavy atom. The quantitative estimate of drug-likeness (QED) is 0.883. The van der Waals surface area contributed by atoms with Gasteiger partial charge in [-0.05, 0) is 18.4 Å². The summed E-state index contributed by atoms with van der Waals surface area (Å²) in [7, 11) is 0. The highest BCUT2D eigenvalue weighted by molar-refractivity contribution is 7.13. The molecule has 16 heavy (non-hydrogen) atoms. The maximum Gasteiger partial charge on any atom is 0.321 e. The van der Waals surface area contributed by atoms with Crippen LogP contribution in [0.15, 0.2) is 22.9 Å². The number of nitrogens with one attached hydrogen (secondary N) is 2. The minimum Gasteiger partial charge on any atom is -0.333 e. The normalized spacial score (nSPS) is 10.1. The summed E-state index contributed by atoms with van der Waals surface area (Å²) >= 11 is 3.04. The number of amides is 2. The van der Waals surface area contributed by atoms with E-state index in [1.54, 1.807) is 11.3 Å². The zero-order valence-corrected chi connectivity index (χ0v) is 10.3. The fourth-order valence-electron chi connectivity index (χ4n) is 1.13. The SMILES string of the molecule is Cc1csc(NC(=O)NCc2cccs2)n1. The summed E-state index contributed by atoms with van der Waals surface area (Å²) in [5.41, 5.74) is 0.915. The minimum absolute atomic E-state index is 0.220. The van der Waals surface area contributed by atoms with Crippen molar-refractivity contribution in [3.63, 3.8) is 0 Å². The topological polar surface area (TPSA) is 54.0 Å². The third-order valence-corrected chi connectivity index (χ3v) is 3.59. The van der Waals surface area contributed by atoms with Gasteiger partial charge in [0.2, 0.25) is 0 Å². The van der Waals surface area contributed by atoms with E-state index in [2.05, 4.69) is 15.6 Å². The molecule has 2 amide bonds. The van der Waals surface area contributed by atoms with Crippen LogP contribution < -0.4 is 10.6 Å². The van der Waals surface area contributed by atoms with Gasteiger partial charge in [0.15, 0.2) is 5.13 Å². The summed E-state index contributed by atoms with van der Waals surface area (Å²) in [6.45, 7) is 2.44. The van der Waals surface area contributed by atoms with Gasteiger partial charge in [-0.25, -0.2) is 9.78 Å². The molecule has 0 bridgehead atoms. The number of rotatable bonds is 3. The van der Waals surface area contributed by atoms with Crippen LogP contribution >= 0.6 is 22.7 Å². The summed E-state index contributed by atoms with van der Waals surface area (Å²) in [5, 5.41) is 9.97. The van der Waals surface area contributed by atoms with Gasteiger partial charge >= 0.3 is 6.03 Å². The van der Waals surface area contributed by atoms with Gasteiger partial charge in [-0.2, -0.15) is 0 Å². The molecule has 2 aromatic heterocycles. The first kappa shape index (κ1) is 11.1. The first-order valence-electron chi connectivity index (χ1n) is 4.73. The molecule has 0 radical (unpaired) electrons. The van der Waals surface area contributed by atoms with Crippen LogP contribution in [0.5, 0.6) is 0 Å². The Hall–Kier alpha value is -1.40. The number of hydrogen-bond donors (Lipinski definition) is 2. The highest BCUT2D eigenvalue weighted by Crippen LogP contribution is 2.14. The molecule has 2 aromatic rings. The number of carbonyl (C=O) groups is 1. The number of thiophene rings is 1. The van der Waals surface area contributed by atoms with Crippen molar-refractivity contribution in [1.29, 1.82) is 0 Å². The molecule has 6 heteroatoms. The van der Waals surface area contributed by atoms with E-state index in [9.17, 15) is 4.79 Å². The predicted molar refractivity (Wildman–Crippen MR) is 67.0 cm³/mol. The standard InChI is InChI=1S/C10H11N3OS2/c1-7-6-16-10(12-7)13-9(14)11-5-8-3-2-4-15-8/h2-4,6H,5H2,1H3,(H2,11,12,13,14). The lowest BCUT2D eigenvalue weighted by molar-refractivity contribution is 0.252. The van der Waals surface area contributed by atoms with Gasteiger partial charge in [0.1, 0.15) is 0 Å². The molecule has 0 fully saturated rings. The number of urea groups is 1. The van der Waals surface area contributed by atoms with Gasteiger partial charge in [0.25, 0.3) is 0 Å². The van der Waals surface area contributed by atoms with Crippen molar-refractivity contribution in [2.45, 2.75) is 13.5 Å². The Morgan fingerprint density at radius 2 is 2.38 bits per heavy atom. The number of nitrogens with zero attached hydrogens (tertiary/aromatic N) is 1. The maximum absolute atomic E-state index is 11.5. The maximum atomic E-state index is 11.5. The molecule has 2 heterocycles. The Bertz CT molecular complexity index is 464. The van der Waals surface area contributed by atoms with Crippen LogP contribution in [0.4, 0.5) is 9.93 Å². The largest absolute Gasteiger partial charge is 0.333 e. The zero-order valence-electron chi connectivity index (χ0n) is 8.69. The number of hydrogen-bond acceptors (Lipinski definition) is 4. The monoisotopic (exact) mass is 253 g/mol. The Balaban J connectivity index is 1.81. The van der Waals surface area contributed by atoms with E-state index in [4.69, 9.17) is 0 Å². The van der Waals surface area contributed by atoms with Crippen LogP contribution in [-0.2, 0) is 6.54 Å². The average Bonchev–Trinajstić information content (AvgIpc) is 2.87. The highest BCUT2D eigenvalue weighted by Gasteiger charge is 2.04. The molecule has 2 N–H and O–H groups in total. The Labute approximate surface area is 101 Å². The Morgan fingerprint density at radius 1 is 1.50 bits per heavy atom. The second-order valence-electron chi connectivity index (χ2n) is 3.18. The lowest BCUT2D eigenvalue weighted by atomic mass is 10.5. The van der Waals surface area contributed by atoms with E-state index in [0.717, 1.165) is 10.6 Å². The number of aryl methyl sites for hydroxylation is 1. The fraction of sp³-hybridized carbons (Fsp3) is 0.200. The second-order valence-corrected chi connectivity index (χ2v) is 5.07. The van der Waals surface area contributed by atoms with E-state index in [1.807, 2.05) is 29.8 Å². The molecule has 0 aliphatic rings. The summed E-state index contributed by atoms with van der Waals surface area (Å²) in [6, 6.07) is 3.73. The van der Waals surface area contributed by atoms with Crippen molar-refractivity contribution in [2.75, 3.05) is 5.32 Å². The molecule has 0 atom stereocenters. The van der Waals surface area contributed by atoms with Crippen LogP contribution in [0.3, 0.4) is 0 Å². The smallest absolute Gasteiger partial charge is 0.321 e. The van der Waals surface area contributed by atoms with E-state index >= 15 is 0 Å². The van der Waals surface area contributed by atoms with Crippen molar-refractivity contribution in [2.24, 2.45) is 0 Å². The van der Waals surface area contributed by atoms with Gasteiger partial charge in [-0.3, -0.25) is 5.32 Å². The van der Waals surface area contributed by atoms with Crippen molar-refractivity contribution in [1.82, 2.24) is 10.3 Å². The van der Waals surface area contributed by atoms with Crippen LogP contribution in [0.2, 0.25) is 0 Å². The molecule has 0 unspecified atom stereocenters. The lowest BCUT2D eigenvalue weighted by Crippen LogP contribution is -2.27. The van der Waals surface area contributed by atoms with Crippen LogP contribution in [0.1, 0.15) is 10.6 Å². The summed E-state index contributed by atoms with van der Waals surface area (Å²) < 4.78 is 0. The van der Waals surface area contributed by atoms with Gasteiger partial charge in [0, 0.05) is 10.3 Å². The molecular weight excluding hydrogens is 242 g/mol. The van der Waals surface area contributed by atoms with Crippen molar-refractivity contribution in [3.8, 4) is 0 Å². The molecular formula is C10H11N3OS2. The number of thiazole rings is 1. The third kappa shape index (κ3) is 3.04. The van der Waals surface area contributed by atoms with E-state index in [-0.39, 0.29) is 6.03 Å². The van der Waals surface area contributed by atoms with E-state index in [0.29, 0.717) is 11.7 Å². The molecule has 84 valence electrons. The van der Waals surface area contributed by atoms with Gasteiger partial charge in [-0.1, -0.05) is 6.07 Å². The second kappa shape index (κ2) is 5.09. The molecule has 2 rings (SSSR count). The first-order valence-corrected chi connectivity index (χ1v) is 6.49. The van der Waals surface area contributed by atoms with Gasteiger partial charge in [0.05, 0.1) is 12.2 Å². The third-order valence-electron chi connectivity index (χ3n) is 1.84. The highest BCUT2D eigenvalue weighted by atomic mass is 32.1. The number of anilines is 1. The summed E-state index contributed by atoms with van der Waals surface area (Å²) in [5.74, 6) is 0. The van der Waals surface area contributed by atoms with Crippen LogP contribution in [0, 0.1) is 6.92 Å². The number of carbonyl (C=O) groups excluding carboxylic acids is 1. The lowest BCUT2D eigenvalue weighted by Gasteiger charge is -2.03. The molecule has 0 saturated heterocycles. The van der Waals surface area contributed by atoms with Crippen molar-refractivity contribution in [3.05, 3.63) is 33.5 Å². The van der Waals surface area contributed by atoms with Crippen molar-refractivity contribution >= 4 is 33.8 Å². The average molecular weight is 253 g/mol. The predicted octanol–water partition coefficient (Wildman–Crippen LogP) is 2.83. The van der Waals surface area contributed by atoms with Crippen LogP contribution in [-0.4, -0.2) is 11.0 Å². The fourth-order valence-corrected chi connectivity index (χ4v) is 2.46. The Kier molecular flexibility index (Phi) is 3.53. The first-order chi connectivity index (χ1) is 7.74. The van der Waals surface area contributed by atoms with Gasteiger partial charge < -0.3 is 5.32 Å². The van der Waals surface area contributed by atoms with E-state index < -0.39 is 0 Å². The number of aromatic nitrogens is 1. The van der Waals surface area contributed by atoms with Crippen LogP contribution in [0.25, 0.3) is 0 Å². The molecule has 0 saturated carbocycles. The minimum atomic E-state index is -0.220. The molecule has 0 spiro atoms.